The summed E-state index contributed by atoms with van der Waals surface area (Å²) in [5, 5.41) is 17.8. The standard InChI is InChI=1S/C19H16ClF3N4O4S/c1-9(2)11-7-15(31-3)13(8-12(11)20)26-17(28)24-25-18(26)32-16-5-4-10(19(21,22)23)6-14(16)27(29)30/h4-9H,1-3H3,(H,24,28). The number of halogens is 4. The number of nitrogens with zero attached hydrogens (tertiary/aromatic N) is 3. The van der Waals surface area contributed by atoms with Gasteiger partial charge in [0.05, 0.1) is 28.2 Å². The van der Waals surface area contributed by atoms with E-state index in [1.807, 2.05) is 13.8 Å². The molecule has 3 aromatic rings. The van der Waals surface area contributed by atoms with E-state index in [0.29, 0.717) is 28.6 Å². The van der Waals surface area contributed by atoms with Crippen LogP contribution in [0.1, 0.15) is 30.9 Å². The van der Waals surface area contributed by atoms with Crippen molar-refractivity contribution in [2.24, 2.45) is 0 Å². The smallest absolute Gasteiger partial charge is 0.416 e. The molecule has 2 aromatic carbocycles. The molecule has 170 valence electrons. The predicted molar refractivity (Wildman–Crippen MR) is 112 cm³/mol. The summed E-state index contributed by atoms with van der Waals surface area (Å²) in [6.07, 6.45) is -4.75. The van der Waals surface area contributed by atoms with Gasteiger partial charge in [0, 0.05) is 11.1 Å². The summed E-state index contributed by atoms with van der Waals surface area (Å²) in [6.45, 7) is 3.85. The van der Waals surface area contributed by atoms with Crippen LogP contribution in [-0.4, -0.2) is 26.8 Å². The zero-order valence-electron chi connectivity index (χ0n) is 16.9. The third-order valence-corrected chi connectivity index (χ3v) is 5.84. The normalized spacial score (nSPS) is 11.8. The summed E-state index contributed by atoms with van der Waals surface area (Å²) in [4.78, 5) is 22.8. The van der Waals surface area contributed by atoms with Gasteiger partial charge in [-0.2, -0.15) is 13.2 Å². The van der Waals surface area contributed by atoms with Crippen molar-refractivity contribution < 1.29 is 22.8 Å². The van der Waals surface area contributed by atoms with Gasteiger partial charge in [0.15, 0.2) is 0 Å². The van der Waals surface area contributed by atoms with Gasteiger partial charge >= 0.3 is 11.9 Å². The summed E-state index contributed by atoms with van der Waals surface area (Å²) in [5.74, 6) is 0.362. The molecule has 1 N–H and O–H groups in total. The van der Waals surface area contributed by atoms with E-state index in [9.17, 15) is 28.1 Å². The zero-order chi connectivity index (χ0) is 23.8. The molecule has 0 unspecified atom stereocenters. The third kappa shape index (κ3) is 4.60. The van der Waals surface area contributed by atoms with Gasteiger partial charge < -0.3 is 4.74 Å². The number of ether oxygens (including phenoxy) is 1. The summed E-state index contributed by atoms with van der Waals surface area (Å²) < 4.78 is 45.4. The first-order valence-corrected chi connectivity index (χ1v) is 10.2. The van der Waals surface area contributed by atoms with Crippen molar-refractivity contribution in [3.8, 4) is 11.4 Å². The van der Waals surface area contributed by atoms with Gasteiger partial charge in [-0.05, 0) is 47.5 Å². The fourth-order valence-electron chi connectivity index (χ4n) is 2.92. The first kappa shape index (κ1) is 23.7. The first-order valence-electron chi connectivity index (χ1n) is 9.02. The highest BCUT2D eigenvalue weighted by Crippen LogP contribution is 2.40. The van der Waals surface area contributed by atoms with E-state index in [0.717, 1.165) is 22.3 Å². The molecule has 0 atom stereocenters. The van der Waals surface area contributed by atoms with Crippen molar-refractivity contribution in [2.45, 2.75) is 36.0 Å². The number of methoxy groups -OCH3 is 1. The van der Waals surface area contributed by atoms with Crippen LogP contribution >= 0.6 is 23.4 Å². The monoisotopic (exact) mass is 488 g/mol. The average Bonchev–Trinajstić information content (AvgIpc) is 3.06. The van der Waals surface area contributed by atoms with E-state index < -0.39 is 28.0 Å². The highest BCUT2D eigenvalue weighted by molar-refractivity contribution is 7.99. The van der Waals surface area contributed by atoms with Gasteiger partial charge in [-0.1, -0.05) is 25.4 Å². The van der Waals surface area contributed by atoms with Crippen LogP contribution in [-0.2, 0) is 6.18 Å². The molecule has 0 amide bonds. The van der Waals surface area contributed by atoms with E-state index >= 15 is 0 Å². The number of nitrogens with one attached hydrogen (secondary N) is 1. The summed E-state index contributed by atoms with van der Waals surface area (Å²) >= 11 is 7.01. The average molecular weight is 489 g/mol. The minimum absolute atomic E-state index is 0.0514. The second-order valence-electron chi connectivity index (χ2n) is 6.89. The Hall–Kier alpha value is -2.99. The molecule has 0 aliphatic rings. The van der Waals surface area contributed by atoms with Gasteiger partial charge in [-0.15, -0.1) is 5.10 Å². The molecule has 13 heteroatoms. The minimum Gasteiger partial charge on any atom is -0.495 e. The second-order valence-corrected chi connectivity index (χ2v) is 8.30. The number of hydrogen-bond donors (Lipinski definition) is 1. The molecule has 1 aromatic heterocycles. The Balaban J connectivity index is 2.13. The van der Waals surface area contributed by atoms with Gasteiger partial charge in [0.1, 0.15) is 5.75 Å². The van der Waals surface area contributed by atoms with E-state index in [1.165, 1.54) is 13.2 Å². The Bertz CT molecular complexity index is 1240. The van der Waals surface area contributed by atoms with Crippen molar-refractivity contribution in [3.05, 3.63) is 67.1 Å². The topological polar surface area (TPSA) is 103 Å². The zero-order valence-corrected chi connectivity index (χ0v) is 18.4. The molecule has 0 fully saturated rings. The molecule has 0 bridgehead atoms. The lowest BCUT2D eigenvalue weighted by atomic mass is 10.0. The molecule has 0 aliphatic carbocycles. The molecule has 8 nitrogen and oxygen atoms in total. The van der Waals surface area contributed by atoms with Crippen LogP contribution in [0.15, 0.2) is 45.2 Å². The fourth-order valence-corrected chi connectivity index (χ4v) is 4.23. The Morgan fingerprint density at radius 2 is 1.97 bits per heavy atom. The molecular formula is C19H16ClF3N4O4S. The summed E-state index contributed by atoms with van der Waals surface area (Å²) in [6, 6.07) is 5.28. The summed E-state index contributed by atoms with van der Waals surface area (Å²) in [5.41, 5.74) is -1.62. The van der Waals surface area contributed by atoms with E-state index in [1.54, 1.807) is 6.07 Å². The van der Waals surface area contributed by atoms with Crippen molar-refractivity contribution in [2.75, 3.05) is 7.11 Å². The molecule has 0 aliphatic heterocycles. The second kappa shape index (κ2) is 8.87. The highest BCUT2D eigenvalue weighted by Gasteiger charge is 2.33. The van der Waals surface area contributed by atoms with Crippen LogP contribution in [0.4, 0.5) is 18.9 Å². The van der Waals surface area contributed by atoms with Crippen LogP contribution in [0.25, 0.3) is 5.69 Å². The number of aromatic nitrogens is 3. The Morgan fingerprint density at radius 3 is 2.53 bits per heavy atom. The first-order chi connectivity index (χ1) is 14.9. The number of rotatable bonds is 6. The molecule has 0 saturated heterocycles. The molecule has 1 heterocycles. The molecular weight excluding hydrogens is 473 g/mol. The SMILES string of the molecule is COc1cc(C(C)C)c(Cl)cc1-n1c(Sc2ccc(C(F)(F)F)cc2[N+](=O)[O-])n[nH]c1=O. The maximum absolute atomic E-state index is 13.0. The number of aromatic amines is 1. The number of alkyl halides is 3. The van der Waals surface area contributed by atoms with Crippen LogP contribution in [0.3, 0.4) is 0 Å². The van der Waals surface area contributed by atoms with Crippen molar-refractivity contribution in [1.82, 2.24) is 14.8 Å². The lowest BCUT2D eigenvalue weighted by Crippen LogP contribution is -2.16. The summed E-state index contributed by atoms with van der Waals surface area (Å²) in [7, 11) is 1.40. The number of hydrogen-bond acceptors (Lipinski definition) is 6. The lowest BCUT2D eigenvalue weighted by Gasteiger charge is -2.15. The Kier molecular flexibility index (Phi) is 6.56. The van der Waals surface area contributed by atoms with E-state index in [-0.39, 0.29) is 21.7 Å². The largest absolute Gasteiger partial charge is 0.495 e. The molecule has 0 saturated carbocycles. The van der Waals surface area contributed by atoms with Crippen molar-refractivity contribution in [1.29, 1.82) is 0 Å². The van der Waals surface area contributed by atoms with Gasteiger partial charge in [-0.3, -0.25) is 10.1 Å². The Labute approximate surface area is 188 Å². The van der Waals surface area contributed by atoms with E-state index in [2.05, 4.69) is 10.2 Å². The minimum atomic E-state index is -4.75. The maximum Gasteiger partial charge on any atom is 0.416 e. The predicted octanol–water partition coefficient (Wildman–Crippen LogP) is 5.42. The molecule has 32 heavy (non-hydrogen) atoms. The van der Waals surface area contributed by atoms with E-state index in [4.69, 9.17) is 16.3 Å². The molecule has 0 spiro atoms. The Morgan fingerprint density at radius 1 is 1.28 bits per heavy atom. The van der Waals surface area contributed by atoms with Gasteiger partial charge in [0.2, 0.25) is 5.16 Å². The third-order valence-electron chi connectivity index (χ3n) is 4.49. The molecule has 0 radical (unpaired) electrons. The van der Waals surface area contributed by atoms with Gasteiger partial charge in [-0.25, -0.2) is 14.5 Å². The molecule has 3 rings (SSSR count). The maximum atomic E-state index is 13.0. The van der Waals surface area contributed by atoms with Crippen molar-refractivity contribution >= 4 is 29.1 Å². The van der Waals surface area contributed by atoms with Crippen LogP contribution in [0.2, 0.25) is 5.02 Å². The highest BCUT2D eigenvalue weighted by atomic mass is 35.5. The van der Waals surface area contributed by atoms with Crippen LogP contribution in [0.5, 0.6) is 5.75 Å². The van der Waals surface area contributed by atoms with Gasteiger partial charge in [0.25, 0.3) is 5.69 Å². The quantitative estimate of drug-likeness (QED) is 0.367. The number of benzene rings is 2. The number of nitro groups is 1. The number of nitro benzene ring substituents is 1. The van der Waals surface area contributed by atoms with Crippen LogP contribution < -0.4 is 10.4 Å². The number of H-pyrrole nitrogens is 1. The van der Waals surface area contributed by atoms with Crippen LogP contribution in [0, 0.1) is 10.1 Å². The fraction of sp³-hybridized carbons (Fsp3) is 0.263. The lowest BCUT2D eigenvalue weighted by molar-refractivity contribution is -0.388. The van der Waals surface area contributed by atoms with Crippen molar-refractivity contribution in [3.63, 3.8) is 0 Å².